The molecule has 0 unspecified atom stereocenters. The third-order valence-corrected chi connectivity index (χ3v) is 6.68. The molecule has 4 aromatic rings. The summed E-state index contributed by atoms with van der Waals surface area (Å²) in [7, 11) is 2.21. The van der Waals surface area contributed by atoms with Crippen LogP contribution in [0.3, 0.4) is 0 Å². The van der Waals surface area contributed by atoms with E-state index in [0.29, 0.717) is 11.8 Å². The number of rotatable bonds is 4. The number of fused-ring (bicyclic) bond motifs is 3. The van der Waals surface area contributed by atoms with Gasteiger partial charge in [0, 0.05) is 23.6 Å². The minimum atomic E-state index is 0.0713. The molecule has 4 heteroatoms. The highest BCUT2D eigenvalue weighted by atomic mass is 15.2. The molecular formula is C28H30BN3. The van der Waals surface area contributed by atoms with Crippen LogP contribution < -0.4 is 10.3 Å². The van der Waals surface area contributed by atoms with Crippen molar-refractivity contribution in [3.8, 4) is 22.5 Å². The molecule has 0 bridgehead atoms. The van der Waals surface area contributed by atoms with Crippen molar-refractivity contribution in [3.63, 3.8) is 0 Å². The van der Waals surface area contributed by atoms with Gasteiger partial charge in [-0.15, -0.1) is 0 Å². The van der Waals surface area contributed by atoms with Crippen LogP contribution >= 0.6 is 0 Å². The summed E-state index contributed by atoms with van der Waals surface area (Å²) < 4.78 is 2.34. The van der Waals surface area contributed by atoms with E-state index in [1.54, 1.807) is 0 Å². The number of aromatic nitrogens is 2. The SMILES string of the molecule is CC(C)c1cc(-c2ccccc2)cc(C(C)C)c1B1N(C)c2ccccc2-c2nccn21. The number of para-hydroxylation sites is 1. The normalized spacial score (nSPS) is 13.0. The molecule has 0 amide bonds. The first-order chi connectivity index (χ1) is 15.5. The Hall–Kier alpha value is -3.27. The maximum absolute atomic E-state index is 4.76. The van der Waals surface area contributed by atoms with Crippen molar-refractivity contribution < 1.29 is 0 Å². The van der Waals surface area contributed by atoms with E-state index in [9.17, 15) is 0 Å². The van der Waals surface area contributed by atoms with Crippen LogP contribution in [0.4, 0.5) is 5.69 Å². The first-order valence-corrected chi connectivity index (χ1v) is 11.6. The van der Waals surface area contributed by atoms with Crippen molar-refractivity contribution in [3.05, 3.63) is 90.3 Å². The van der Waals surface area contributed by atoms with E-state index in [4.69, 9.17) is 4.98 Å². The molecule has 0 saturated heterocycles. The fourth-order valence-electron chi connectivity index (χ4n) is 5.09. The number of anilines is 1. The van der Waals surface area contributed by atoms with E-state index >= 15 is 0 Å². The van der Waals surface area contributed by atoms with Gasteiger partial charge < -0.3 is 9.29 Å². The van der Waals surface area contributed by atoms with Crippen molar-refractivity contribution in [2.24, 2.45) is 0 Å². The molecule has 0 radical (unpaired) electrons. The topological polar surface area (TPSA) is 21.1 Å². The van der Waals surface area contributed by atoms with Gasteiger partial charge in [-0.3, -0.25) is 0 Å². The van der Waals surface area contributed by atoms with Crippen LogP contribution in [0.1, 0.15) is 50.7 Å². The lowest BCUT2D eigenvalue weighted by Gasteiger charge is -2.37. The highest BCUT2D eigenvalue weighted by molar-refractivity contribution is 6.77. The average Bonchev–Trinajstić information content (AvgIpc) is 3.29. The van der Waals surface area contributed by atoms with Crippen LogP contribution in [-0.4, -0.2) is 23.5 Å². The first kappa shape index (κ1) is 20.6. The molecule has 1 aliphatic rings. The van der Waals surface area contributed by atoms with Crippen LogP contribution in [0.5, 0.6) is 0 Å². The third kappa shape index (κ3) is 3.26. The average molecular weight is 419 g/mol. The number of imidazole rings is 1. The predicted octanol–water partition coefficient (Wildman–Crippen LogP) is 6.16. The Balaban J connectivity index is 1.78. The Morgan fingerprint density at radius 3 is 2.06 bits per heavy atom. The lowest BCUT2D eigenvalue weighted by molar-refractivity contribution is 0.842. The van der Waals surface area contributed by atoms with Gasteiger partial charge in [-0.05, 0) is 58.7 Å². The molecule has 0 fully saturated rings. The Morgan fingerprint density at radius 2 is 1.41 bits per heavy atom. The summed E-state index contributed by atoms with van der Waals surface area (Å²) in [6, 6.07) is 24.2. The van der Waals surface area contributed by atoms with E-state index < -0.39 is 0 Å². The number of hydrogen-bond donors (Lipinski definition) is 0. The summed E-state index contributed by atoms with van der Waals surface area (Å²) in [5.41, 5.74) is 9.21. The molecule has 1 aliphatic heterocycles. The molecule has 5 rings (SSSR count). The highest BCUT2D eigenvalue weighted by Crippen LogP contribution is 2.36. The Kier molecular flexibility index (Phi) is 5.17. The van der Waals surface area contributed by atoms with Crippen LogP contribution in [-0.2, 0) is 0 Å². The Labute approximate surface area is 191 Å². The second-order valence-corrected chi connectivity index (χ2v) is 9.40. The van der Waals surface area contributed by atoms with Gasteiger partial charge in [0.1, 0.15) is 5.82 Å². The molecule has 32 heavy (non-hydrogen) atoms. The third-order valence-electron chi connectivity index (χ3n) is 6.68. The standard InChI is InChI=1S/C28H30BN3/c1-19(2)24-17-22(21-11-7-6-8-12-21)18-25(20(3)4)27(24)29-31(5)26-14-10-9-13-23(26)28-30-15-16-32(28)29/h6-20H,1-5H3. The molecule has 0 saturated carbocycles. The second-order valence-electron chi connectivity index (χ2n) is 9.40. The van der Waals surface area contributed by atoms with Crippen LogP contribution in [0.25, 0.3) is 22.5 Å². The lowest BCUT2D eigenvalue weighted by Crippen LogP contribution is -2.56. The molecule has 0 N–H and O–H groups in total. The van der Waals surface area contributed by atoms with Gasteiger partial charge in [-0.1, -0.05) is 82.3 Å². The molecule has 3 aromatic carbocycles. The van der Waals surface area contributed by atoms with Gasteiger partial charge >= 0.3 is 6.98 Å². The fourth-order valence-corrected chi connectivity index (χ4v) is 5.09. The molecule has 2 heterocycles. The quantitative estimate of drug-likeness (QED) is 0.370. The fraction of sp³-hybridized carbons (Fsp3) is 0.250. The van der Waals surface area contributed by atoms with E-state index in [1.807, 2.05) is 6.20 Å². The lowest BCUT2D eigenvalue weighted by atomic mass is 9.58. The first-order valence-electron chi connectivity index (χ1n) is 11.6. The maximum atomic E-state index is 4.76. The smallest absolute Gasteiger partial charge is 0.394 e. The number of hydrogen-bond acceptors (Lipinski definition) is 2. The predicted molar refractivity (Wildman–Crippen MR) is 137 cm³/mol. The van der Waals surface area contributed by atoms with E-state index in [-0.39, 0.29) is 6.98 Å². The molecule has 0 atom stereocenters. The van der Waals surface area contributed by atoms with Crippen molar-refractivity contribution in [2.75, 3.05) is 11.9 Å². The maximum Gasteiger partial charge on any atom is 0.417 e. The van der Waals surface area contributed by atoms with Gasteiger partial charge in [0.15, 0.2) is 0 Å². The molecule has 0 aliphatic carbocycles. The molecule has 160 valence electrons. The van der Waals surface area contributed by atoms with Crippen molar-refractivity contribution in [1.29, 1.82) is 0 Å². The van der Waals surface area contributed by atoms with Gasteiger partial charge in [0.2, 0.25) is 0 Å². The van der Waals surface area contributed by atoms with E-state index in [1.165, 1.54) is 39.0 Å². The Morgan fingerprint density at radius 1 is 0.781 bits per heavy atom. The minimum absolute atomic E-state index is 0.0713. The molecule has 1 aromatic heterocycles. The van der Waals surface area contributed by atoms with E-state index in [2.05, 4.69) is 117 Å². The van der Waals surface area contributed by atoms with Crippen LogP contribution in [0.15, 0.2) is 79.1 Å². The van der Waals surface area contributed by atoms with Gasteiger partial charge in [0.05, 0.1) is 0 Å². The minimum Gasteiger partial charge on any atom is -0.394 e. The highest BCUT2D eigenvalue weighted by Gasteiger charge is 2.38. The summed E-state index contributed by atoms with van der Waals surface area (Å²) in [5, 5.41) is 0. The molecular weight excluding hydrogens is 389 g/mol. The van der Waals surface area contributed by atoms with Crippen molar-refractivity contribution >= 4 is 18.1 Å². The van der Waals surface area contributed by atoms with Gasteiger partial charge in [-0.2, -0.15) is 0 Å². The van der Waals surface area contributed by atoms with Gasteiger partial charge in [0.25, 0.3) is 0 Å². The van der Waals surface area contributed by atoms with Crippen molar-refractivity contribution in [1.82, 2.24) is 9.46 Å². The monoisotopic (exact) mass is 419 g/mol. The van der Waals surface area contributed by atoms with Crippen LogP contribution in [0, 0.1) is 0 Å². The zero-order valence-electron chi connectivity index (χ0n) is 19.6. The zero-order valence-corrected chi connectivity index (χ0v) is 19.6. The van der Waals surface area contributed by atoms with Gasteiger partial charge in [-0.25, -0.2) is 4.98 Å². The Bertz CT molecular complexity index is 1230. The summed E-state index contributed by atoms with van der Waals surface area (Å²) in [5.74, 6) is 1.85. The molecule has 0 spiro atoms. The summed E-state index contributed by atoms with van der Waals surface area (Å²) in [4.78, 5) is 7.17. The van der Waals surface area contributed by atoms with E-state index in [0.717, 1.165) is 5.82 Å². The zero-order chi connectivity index (χ0) is 22.4. The van der Waals surface area contributed by atoms with Crippen LogP contribution in [0.2, 0.25) is 0 Å². The van der Waals surface area contributed by atoms with Crippen molar-refractivity contribution in [2.45, 2.75) is 39.5 Å². The summed E-state index contributed by atoms with van der Waals surface area (Å²) in [6.07, 6.45) is 4.06. The number of nitrogens with zero attached hydrogens (tertiary/aromatic N) is 3. The summed E-state index contributed by atoms with van der Waals surface area (Å²) in [6.45, 7) is 9.31. The number of benzene rings is 3. The second kappa shape index (κ2) is 8.01. The molecule has 3 nitrogen and oxygen atoms in total. The summed E-state index contributed by atoms with van der Waals surface area (Å²) >= 11 is 0. The largest absolute Gasteiger partial charge is 0.417 e.